The summed E-state index contributed by atoms with van der Waals surface area (Å²) in [5.41, 5.74) is 3.35. The quantitative estimate of drug-likeness (QED) is 0.526. The van der Waals surface area contributed by atoms with Gasteiger partial charge in [0.1, 0.15) is 5.82 Å². The highest BCUT2D eigenvalue weighted by atomic mass is 16.5. The van der Waals surface area contributed by atoms with Gasteiger partial charge in [-0.25, -0.2) is 9.97 Å². The third-order valence-electron chi connectivity index (χ3n) is 8.74. The van der Waals surface area contributed by atoms with Gasteiger partial charge in [0.2, 0.25) is 5.91 Å². The molecule has 6 rings (SSSR count). The third kappa shape index (κ3) is 4.81. The number of ether oxygens (including phenoxy) is 1. The highest BCUT2D eigenvalue weighted by molar-refractivity contribution is 5.78. The van der Waals surface area contributed by atoms with Gasteiger partial charge >= 0.3 is 0 Å². The molecule has 2 saturated carbocycles. The Morgan fingerprint density at radius 3 is 2.32 bits per heavy atom. The van der Waals surface area contributed by atoms with E-state index in [2.05, 4.69) is 22.2 Å². The van der Waals surface area contributed by atoms with Crippen molar-refractivity contribution in [1.82, 2.24) is 34.4 Å². The van der Waals surface area contributed by atoms with Crippen LogP contribution in [0.25, 0.3) is 11.1 Å². The van der Waals surface area contributed by atoms with Crippen LogP contribution in [0.4, 0.5) is 0 Å². The van der Waals surface area contributed by atoms with Gasteiger partial charge < -0.3 is 9.64 Å². The summed E-state index contributed by atoms with van der Waals surface area (Å²) in [6, 6.07) is 0.264. The predicted molar refractivity (Wildman–Crippen MR) is 139 cm³/mol. The number of hydrogen-bond donors (Lipinski definition) is 0. The Labute approximate surface area is 218 Å². The molecule has 3 aromatic heterocycles. The number of aromatic nitrogens is 6. The lowest BCUT2D eigenvalue weighted by Gasteiger charge is -2.45. The first-order valence-corrected chi connectivity index (χ1v) is 13.6. The highest BCUT2D eigenvalue weighted by Gasteiger charge is 2.44. The van der Waals surface area contributed by atoms with E-state index in [9.17, 15) is 4.79 Å². The number of amides is 1. The smallest absolute Gasteiger partial charge is 0.225 e. The van der Waals surface area contributed by atoms with Crippen molar-refractivity contribution in [1.29, 1.82) is 0 Å². The summed E-state index contributed by atoms with van der Waals surface area (Å²) in [6.45, 7) is 1.37. The summed E-state index contributed by atoms with van der Waals surface area (Å²) in [5, 5.41) is 9.12. The van der Waals surface area contributed by atoms with Gasteiger partial charge in [-0.1, -0.05) is 6.42 Å². The largest absolute Gasteiger partial charge is 0.381 e. The lowest BCUT2D eigenvalue weighted by atomic mass is 9.70. The Balaban J connectivity index is 1.15. The molecule has 2 aliphatic carbocycles. The van der Waals surface area contributed by atoms with E-state index in [-0.39, 0.29) is 17.9 Å². The minimum absolute atomic E-state index is 0.0821. The van der Waals surface area contributed by atoms with E-state index in [1.807, 2.05) is 50.6 Å². The Hall–Kier alpha value is -3.07. The van der Waals surface area contributed by atoms with Gasteiger partial charge in [0.05, 0.1) is 31.6 Å². The molecule has 0 aromatic carbocycles. The van der Waals surface area contributed by atoms with Crippen LogP contribution in [-0.2, 0) is 16.6 Å². The molecule has 0 spiro atoms. The zero-order chi connectivity index (χ0) is 25.5. The second kappa shape index (κ2) is 10.0. The summed E-state index contributed by atoms with van der Waals surface area (Å²) in [7, 11) is 5.67. The fourth-order valence-electron chi connectivity index (χ4n) is 6.92. The average molecular weight is 504 g/mol. The van der Waals surface area contributed by atoms with E-state index in [1.165, 1.54) is 18.4 Å². The molecule has 2 bridgehead atoms. The first-order valence-electron chi connectivity index (χ1n) is 13.6. The fourth-order valence-corrected chi connectivity index (χ4v) is 6.92. The van der Waals surface area contributed by atoms with E-state index in [4.69, 9.17) is 19.8 Å². The Morgan fingerprint density at radius 1 is 0.919 bits per heavy atom. The lowest BCUT2D eigenvalue weighted by molar-refractivity contribution is -0.140. The Kier molecular flexibility index (Phi) is 6.56. The summed E-state index contributed by atoms with van der Waals surface area (Å²) >= 11 is 0. The number of carbonyl (C=O) groups is 1. The maximum atomic E-state index is 12.6. The van der Waals surface area contributed by atoms with Crippen LogP contribution >= 0.6 is 0 Å². The molecular formula is C28H37N7O2. The number of fused-ring (bicyclic) bond motifs is 2. The molecule has 37 heavy (non-hydrogen) atoms. The van der Waals surface area contributed by atoms with Crippen molar-refractivity contribution in [3.8, 4) is 11.1 Å². The van der Waals surface area contributed by atoms with Crippen molar-refractivity contribution in [3.63, 3.8) is 0 Å². The normalized spacial score (nSPS) is 29.7. The molecule has 1 aliphatic heterocycles. The zero-order valence-electron chi connectivity index (χ0n) is 22.0. The number of rotatable bonds is 5. The molecule has 3 fully saturated rings. The molecule has 4 atom stereocenters. The fraction of sp³-hybridized carbons (Fsp3) is 0.607. The number of aryl methyl sites for hydroxylation is 1. The van der Waals surface area contributed by atoms with E-state index in [1.54, 1.807) is 4.90 Å². The van der Waals surface area contributed by atoms with Crippen molar-refractivity contribution in [2.45, 2.75) is 56.4 Å². The van der Waals surface area contributed by atoms with E-state index in [0.29, 0.717) is 36.9 Å². The van der Waals surface area contributed by atoms with Crippen molar-refractivity contribution in [2.24, 2.45) is 24.8 Å². The molecule has 196 valence electrons. The van der Waals surface area contributed by atoms with Crippen molar-refractivity contribution >= 4 is 5.91 Å². The van der Waals surface area contributed by atoms with Gasteiger partial charge in [-0.05, 0) is 43.6 Å². The summed E-state index contributed by atoms with van der Waals surface area (Å²) in [5.74, 6) is 2.77. The highest BCUT2D eigenvalue weighted by Crippen LogP contribution is 2.45. The maximum absolute atomic E-state index is 12.6. The SMILES string of the molecule is CN(C)C(=O)C1CC2COCC(C1)C2n1cc(-c2cnc(C3CCCC(c4cnn(C)c4)C3)nc2)cn1. The second-order valence-corrected chi connectivity index (χ2v) is 11.5. The van der Waals surface area contributed by atoms with Crippen LogP contribution in [0, 0.1) is 17.8 Å². The summed E-state index contributed by atoms with van der Waals surface area (Å²) < 4.78 is 9.88. The molecule has 0 N–H and O–H groups in total. The Morgan fingerprint density at radius 2 is 1.65 bits per heavy atom. The van der Waals surface area contributed by atoms with Gasteiger partial charge in [-0.15, -0.1) is 0 Å². The Bertz CT molecular complexity index is 1220. The molecule has 3 aromatic rings. The first-order chi connectivity index (χ1) is 18.0. The second-order valence-electron chi connectivity index (χ2n) is 11.5. The molecule has 3 aliphatic rings. The minimum atomic E-state index is 0.0821. The third-order valence-corrected chi connectivity index (χ3v) is 8.74. The van der Waals surface area contributed by atoms with Crippen LogP contribution < -0.4 is 0 Å². The summed E-state index contributed by atoms with van der Waals surface area (Å²) in [6.07, 6.45) is 18.4. The van der Waals surface area contributed by atoms with Crippen molar-refractivity contribution in [2.75, 3.05) is 27.3 Å². The minimum Gasteiger partial charge on any atom is -0.381 e. The molecule has 1 amide bonds. The van der Waals surface area contributed by atoms with Crippen LogP contribution in [0.2, 0.25) is 0 Å². The summed E-state index contributed by atoms with van der Waals surface area (Å²) in [4.78, 5) is 24.0. The number of nitrogens with zero attached hydrogens (tertiary/aromatic N) is 7. The zero-order valence-corrected chi connectivity index (χ0v) is 22.0. The lowest BCUT2D eigenvalue weighted by Crippen LogP contribution is -2.46. The van der Waals surface area contributed by atoms with E-state index >= 15 is 0 Å². The van der Waals surface area contributed by atoms with Gasteiger partial charge in [-0.2, -0.15) is 10.2 Å². The van der Waals surface area contributed by atoms with Crippen molar-refractivity contribution in [3.05, 3.63) is 48.6 Å². The monoisotopic (exact) mass is 503 g/mol. The molecule has 9 heteroatoms. The van der Waals surface area contributed by atoms with Gasteiger partial charge in [0.15, 0.2) is 0 Å². The van der Waals surface area contributed by atoms with Crippen molar-refractivity contribution < 1.29 is 9.53 Å². The number of carbonyl (C=O) groups excluding carboxylic acids is 1. The maximum Gasteiger partial charge on any atom is 0.225 e. The van der Waals surface area contributed by atoms with Gasteiger partial charge in [0, 0.05) is 80.7 Å². The average Bonchev–Trinajstić information content (AvgIpc) is 3.57. The molecule has 4 heterocycles. The topological polar surface area (TPSA) is 91.0 Å². The van der Waals surface area contributed by atoms with Crippen LogP contribution in [0.3, 0.4) is 0 Å². The molecule has 4 unspecified atom stereocenters. The van der Waals surface area contributed by atoms with Gasteiger partial charge in [0.25, 0.3) is 0 Å². The first kappa shape index (κ1) is 24.3. The molecule has 9 nitrogen and oxygen atoms in total. The standard InChI is InChI=1S/C28H37N7O2/c1-33(2)28(36)20-8-21-16-37-17-22(9-20)26(21)35-15-25(13-32-35)23-10-29-27(30-11-23)19-6-4-5-18(7-19)24-12-31-34(3)14-24/h10-15,18-22,26H,4-9,16-17H2,1-3H3. The van der Waals surface area contributed by atoms with Gasteiger partial charge in [-0.3, -0.25) is 14.2 Å². The van der Waals surface area contributed by atoms with E-state index < -0.39 is 0 Å². The van der Waals surface area contributed by atoms with Crippen LogP contribution in [0.1, 0.15) is 67.8 Å². The number of hydrogen-bond acceptors (Lipinski definition) is 6. The van der Waals surface area contributed by atoms with Crippen LogP contribution in [-0.4, -0.2) is 67.6 Å². The molecular weight excluding hydrogens is 466 g/mol. The molecule has 1 saturated heterocycles. The predicted octanol–water partition coefficient (Wildman–Crippen LogP) is 3.82. The van der Waals surface area contributed by atoms with Crippen LogP contribution in [0.15, 0.2) is 37.2 Å². The molecule has 0 radical (unpaired) electrons. The van der Waals surface area contributed by atoms with E-state index in [0.717, 1.165) is 42.6 Å². The van der Waals surface area contributed by atoms with Crippen LogP contribution in [0.5, 0.6) is 0 Å².